The first-order chi connectivity index (χ1) is 13.3. The Morgan fingerprint density at radius 2 is 1.71 bits per heavy atom. The van der Waals surface area contributed by atoms with Crippen molar-refractivity contribution in [2.45, 2.75) is 0 Å². The largest absolute Gasteiger partial charge is 0.507 e. The molecule has 146 valence electrons. The van der Waals surface area contributed by atoms with Crippen molar-refractivity contribution in [2.75, 3.05) is 26.2 Å². The summed E-state index contributed by atoms with van der Waals surface area (Å²) in [5.74, 6) is -1.07. The fraction of sp³-hybridized carbons (Fsp3) is 0.211. The summed E-state index contributed by atoms with van der Waals surface area (Å²) in [6.07, 6.45) is 2.48. The predicted octanol–water partition coefficient (Wildman–Crippen LogP) is 2.32. The fourth-order valence-corrected chi connectivity index (χ4v) is 3.35. The molecular weight excluding hydrogens is 405 g/mol. The van der Waals surface area contributed by atoms with E-state index in [-0.39, 0.29) is 16.5 Å². The van der Waals surface area contributed by atoms with Crippen LogP contribution < -0.4 is 5.56 Å². The molecule has 0 atom stereocenters. The van der Waals surface area contributed by atoms with Crippen LogP contribution in [0.15, 0.2) is 47.9 Å². The van der Waals surface area contributed by atoms with Gasteiger partial charge < -0.3 is 14.9 Å². The predicted molar refractivity (Wildman–Crippen MR) is 106 cm³/mol. The Kier molecular flexibility index (Phi) is 5.76. The van der Waals surface area contributed by atoms with Crippen molar-refractivity contribution in [3.63, 3.8) is 0 Å². The highest BCUT2D eigenvalue weighted by atomic mass is 35.5. The van der Waals surface area contributed by atoms with Crippen LogP contribution in [0.1, 0.15) is 10.4 Å². The van der Waals surface area contributed by atoms with Gasteiger partial charge in [0.05, 0.1) is 16.3 Å². The molecule has 1 aliphatic rings. The van der Waals surface area contributed by atoms with Gasteiger partial charge in [-0.3, -0.25) is 19.0 Å². The molecule has 9 heteroatoms. The Hall–Kier alpha value is -2.77. The van der Waals surface area contributed by atoms with Crippen molar-refractivity contribution >= 4 is 35.0 Å². The number of hydrogen-bond donors (Lipinski definition) is 1. The van der Waals surface area contributed by atoms with E-state index in [1.807, 2.05) is 0 Å². The molecule has 1 aromatic carbocycles. The van der Waals surface area contributed by atoms with Gasteiger partial charge >= 0.3 is 0 Å². The molecule has 3 rings (SSSR count). The van der Waals surface area contributed by atoms with Crippen molar-refractivity contribution in [1.29, 1.82) is 0 Å². The highest BCUT2D eigenvalue weighted by molar-refractivity contribution is 6.34. The van der Waals surface area contributed by atoms with Gasteiger partial charge in [0.2, 0.25) is 5.91 Å². The van der Waals surface area contributed by atoms with Gasteiger partial charge in [0.15, 0.2) is 0 Å². The molecule has 1 fully saturated rings. The smallest absolute Gasteiger partial charge is 0.259 e. The Morgan fingerprint density at radius 1 is 1.07 bits per heavy atom. The molecule has 1 N–H and O–H groups in total. The zero-order chi connectivity index (χ0) is 20.4. The number of piperazine rings is 1. The van der Waals surface area contributed by atoms with Crippen molar-refractivity contribution in [2.24, 2.45) is 0 Å². The van der Waals surface area contributed by atoms with Crippen molar-refractivity contribution in [1.82, 2.24) is 14.4 Å². The molecule has 7 nitrogen and oxygen atoms in total. The number of aromatic hydroxyl groups is 1. The van der Waals surface area contributed by atoms with Crippen LogP contribution in [0.4, 0.5) is 0 Å². The molecule has 28 heavy (non-hydrogen) atoms. The molecule has 0 bridgehead atoms. The number of amides is 2. The van der Waals surface area contributed by atoms with Crippen molar-refractivity contribution in [3.8, 4) is 11.4 Å². The second-order valence-corrected chi connectivity index (χ2v) is 7.04. The number of nitrogens with zero attached hydrogens (tertiary/aromatic N) is 3. The molecule has 0 aliphatic carbocycles. The van der Waals surface area contributed by atoms with E-state index in [4.69, 9.17) is 23.2 Å². The Bertz CT molecular complexity index is 1010. The van der Waals surface area contributed by atoms with E-state index in [1.54, 1.807) is 11.0 Å². The highest BCUT2D eigenvalue weighted by Crippen LogP contribution is 2.25. The summed E-state index contributed by atoms with van der Waals surface area (Å²) in [7, 11) is 0. The molecule has 1 aliphatic heterocycles. The van der Waals surface area contributed by atoms with Gasteiger partial charge in [-0.1, -0.05) is 29.8 Å². The van der Waals surface area contributed by atoms with Gasteiger partial charge in [-0.15, -0.1) is 0 Å². The average molecular weight is 422 g/mol. The summed E-state index contributed by atoms with van der Waals surface area (Å²) in [6, 6.07) is 5.57. The van der Waals surface area contributed by atoms with Gasteiger partial charge in [-0.2, -0.15) is 0 Å². The minimum Gasteiger partial charge on any atom is -0.507 e. The van der Waals surface area contributed by atoms with Crippen LogP contribution in [-0.4, -0.2) is 57.5 Å². The van der Waals surface area contributed by atoms with E-state index >= 15 is 0 Å². The Labute approximate surface area is 171 Å². The molecule has 0 radical (unpaired) electrons. The minimum absolute atomic E-state index is 0.0425. The maximum absolute atomic E-state index is 12.9. The number of carbonyl (C=O) groups is 2. The monoisotopic (exact) mass is 421 g/mol. The first-order valence-electron chi connectivity index (χ1n) is 8.43. The third-order valence-corrected chi connectivity index (χ3v) is 5.04. The second kappa shape index (κ2) is 8.08. The number of pyridine rings is 1. The summed E-state index contributed by atoms with van der Waals surface area (Å²) in [6.45, 7) is 4.77. The lowest BCUT2D eigenvalue weighted by atomic mass is 10.2. The van der Waals surface area contributed by atoms with E-state index in [0.29, 0.717) is 36.9 Å². The molecule has 2 aromatic rings. The summed E-state index contributed by atoms with van der Waals surface area (Å²) in [5.41, 5.74) is -0.298. The van der Waals surface area contributed by atoms with Crippen LogP contribution in [0.3, 0.4) is 0 Å². The minimum atomic E-state index is -0.556. The van der Waals surface area contributed by atoms with Crippen LogP contribution in [0, 0.1) is 0 Å². The number of aromatic nitrogens is 1. The maximum Gasteiger partial charge on any atom is 0.259 e. The van der Waals surface area contributed by atoms with Crippen LogP contribution in [-0.2, 0) is 4.79 Å². The molecule has 1 saturated heterocycles. The highest BCUT2D eigenvalue weighted by Gasteiger charge is 2.26. The van der Waals surface area contributed by atoms with Crippen LogP contribution >= 0.6 is 23.2 Å². The lowest BCUT2D eigenvalue weighted by molar-refractivity contribution is -0.127. The van der Waals surface area contributed by atoms with Crippen LogP contribution in [0.2, 0.25) is 10.0 Å². The summed E-state index contributed by atoms with van der Waals surface area (Å²) in [5, 5.41) is 10.8. The number of halogens is 2. The van der Waals surface area contributed by atoms with Crippen molar-refractivity contribution in [3.05, 3.63) is 69.1 Å². The lowest BCUT2D eigenvalue weighted by Crippen LogP contribution is -2.50. The van der Waals surface area contributed by atoms with Gasteiger partial charge in [0, 0.05) is 43.5 Å². The number of benzene rings is 1. The SMILES string of the molecule is C=CC(=O)N1CCN(C(=O)c2cn(-c3cc(Cl)ccc3Cl)c(=O)cc2O)CC1. The Balaban J connectivity index is 1.92. The maximum atomic E-state index is 12.9. The molecule has 2 amide bonds. The van der Waals surface area contributed by atoms with E-state index in [9.17, 15) is 19.5 Å². The summed E-state index contributed by atoms with van der Waals surface area (Å²) in [4.78, 5) is 40.0. The van der Waals surface area contributed by atoms with Gasteiger partial charge in [-0.25, -0.2) is 0 Å². The van der Waals surface area contributed by atoms with E-state index < -0.39 is 17.2 Å². The molecule has 1 aromatic heterocycles. The standard InChI is InChI=1S/C19H17Cl2N3O4/c1-2-17(26)22-5-7-23(8-6-22)19(28)13-11-24(18(27)10-16(13)25)15-9-12(20)3-4-14(15)21/h2-4,9-11,25H,1,5-8H2. The Morgan fingerprint density at radius 3 is 2.36 bits per heavy atom. The van der Waals surface area contributed by atoms with Crippen LogP contribution in [0.25, 0.3) is 5.69 Å². The lowest BCUT2D eigenvalue weighted by Gasteiger charge is -2.34. The average Bonchev–Trinajstić information content (AvgIpc) is 2.69. The molecule has 0 saturated carbocycles. The van der Waals surface area contributed by atoms with E-state index in [0.717, 1.165) is 6.07 Å². The van der Waals surface area contributed by atoms with Gasteiger partial charge in [0.1, 0.15) is 5.75 Å². The number of rotatable bonds is 3. The third kappa shape index (κ3) is 3.90. The van der Waals surface area contributed by atoms with Gasteiger partial charge in [0.25, 0.3) is 11.5 Å². The number of hydrogen-bond acceptors (Lipinski definition) is 4. The number of carbonyl (C=O) groups excluding carboxylic acids is 2. The van der Waals surface area contributed by atoms with Crippen LogP contribution in [0.5, 0.6) is 5.75 Å². The fourth-order valence-electron chi connectivity index (χ4n) is 2.98. The quantitative estimate of drug-likeness (QED) is 0.770. The van der Waals surface area contributed by atoms with Gasteiger partial charge in [-0.05, 0) is 24.3 Å². The third-order valence-electron chi connectivity index (χ3n) is 4.48. The van der Waals surface area contributed by atoms with Crippen molar-refractivity contribution < 1.29 is 14.7 Å². The zero-order valence-corrected chi connectivity index (χ0v) is 16.3. The molecule has 2 heterocycles. The topological polar surface area (TPSA) is 82.9 Å². The van der Waals surface area contributed by atoms with E-state index in [2.05, 4.69) is 6.58 Å². The summed E-state index contributed by atoms with van der Waals surface area (Å²) >= 11 is 12.1. The van der Waals surface area contributed by atoms with E-state index in [1.165, 1.54) is 33.9 Å². The molecule has 0 unspecified atom stereocenters. The normalized spacial score (nSPS) is 14.1. The summed E-state index contributed by atoms with van der Waals surface area (Å²) < 4.78 is 1.17. The molecular formula is C19H17Cl2N3O4. The zero-order valence-electron chi connectivity index (χ0n) is 14.8. The first kappa shape index (κ1) is 20.0. The first-order valence-corrected chi connectivity index (χ1v) is 9.19. The second-order valence-electron chi connectivity index (χ2n) is 6.20. The molecule has 0 spiro atoms.